The van der Waals surface area contributed by atoms with Gasteiger partial charge in [0, 0.05) is 31.4 Å². The zero-order valence-electron chi connectivity index (χ0n) is 10.5. The van der Waals surface area contributed by atoms with Gasteiger partial charge in [0.05, 0.1) is 11.2 Å². The third-order valence-electron chi connectivity index (χ3n) is 3.04. The lowest BCUT2D eigenvalue weighted by atomic mass is 10.2. The van der Waals surface area contributed by atoms with E-state index in [2.05, 4.69) is 46.5 Å². The zero-order valence-corrected chi connectivity index (χ0v) is 10.5. The highest BCUT2D eigenvalue weighted by molar-refractivity contribution is 5.78. The van der Waals surface area contributed by atoms with Gasteiger partial charge in [-0.05, 0) is 30.3 Å². The molecule has 3 rings (SSSR count). The van der Waals surface area contributed by atoms with Crippen LogP contribution in [0.1, 0.15) is 0 Å². The Hall–Kier alpha value is -2.29. The maximum absolute atomic E-state index is 4.56. The minimum absolute atomic E-state index is 1.02. The molecule has 0 aliphatic heterocycles. The fraction of sp³-hybridized carbons (Fsp3) is 0.133. The lowest BCUT2D eigenvalue weighted by molar-refractivity contribution is 0.896. The first-order chi connectivity index (χ1) is 8.74. The second-order valence-corrected chi connectivity index (χ2v) is 4.54. The van der Waals surface area contributed by atoms with Crippen LogP contribution in [0.4, 0.5) is 5.69 Å². The summed E-state index contributed by atoms with van der Waals surface area (Å²) in [6.45, 7) is 0. The van der Waals surface area contributed by atoms with Crippen LogP contribution in [-0.4, -0.2) is 23.9 Å². The first-order valence-corrected chi connectivity index (χ1v) is 5.96. The predicted molar refractivity (Wildman–Crippen MR) is 75.4 cm³/mol. The Bertz CT molecular complexity index is 633. The molecule has 90 valence electrons. The monoisotopic (exact) mass is 237 g/mol. The van der Waals surface area contributed by atoms with Gasteiger partial charge in [-0.1, -0.05) is 18.2 Å². The molecule has 1 aromatic heterocycles. The third kappa shape index (κ3) is 1.84. The van der Waals surface area contributed by atoms with Gasteiger partial charge in [0.15, 0.2) is 0 Å². The minimum Gasteiger partial charge on any atom is -0.378 e. The van der Waals surface area contributed by atoms with Gasteiger partial charge in [-0.2, -0.15) is 5.10 Å². The Morgan fingerprint density at radius 3 is 2.33 bits per heavy atom. The topological polar surface area (TPSA) is 21.1 Å². The summed E-state index contributed by atoms with van der Waals surface area (Å²) < 4.78 is 1.92. The second-order valence-electron chi connectivity index (χ2n) is 4.54. The fourth-order valence-electron chi connectivity index (χ4n) is 2.00. The van der Waals surface area contributed by atoms with Gasteiger partial charge in [-0.15, -0.1) is 0 Å². The van der Waals surface area contributed by atoms with E-state index in [4.69, 9.17) is 0 Å². The van der Waals surface area contributed by atoms with Crippen molar-refractivity contribution in [3.63, 3.8) is 0 Å². The van der Waals surface area contributed by atoms with E-state index in [1.54, 1.807) is 0 Å². The molecular formula is C15H15N3. The van der Waals surface area contributed by atoms with Gasteiger partial charge in [-0.3, -0.25) is 0 Å². The molecule has 3 heteroatoms. The highest BCUT2D eigenvalue weighted by atomic mass is 15.3. The molecule has 0 N–H and O–H groups in total. The third-order valence-corrected chi connectivity index (χ3v) is 3.04. The van der Waals surface area contributed by atoms with Crippen molar-refractivity contribution in [2.45, 2.75) is 0 Å². The van der Waals surface area contributed by atoms with Crippen LogP contribution in [0.25, 0.3) is 16.6 Å². The van der Waals surface area contributed by atoms with Crippen LogP contribution in [0.5, 0.6) is 0 Å². The van der Waals surface area contributed by atoms with Gasteiger partial charge in [-0.25, -0.2) is 4.68 Å². The zero-order chi connectivity index (χ0) is 12.5. The van der Waals surface area contributed by atoms with Gasteiger partial charge >= 0.3 is 0 Å². The molecule has 1 heterocycles. The predicted octanol–water partition coefficient (Wildman–Crippen LogP) is 3.09. The number of rotatable bonds is 2. The number of nitrogens with zero attached hydrogens (tertiary/aromatic N) is 3. The van der Waals surface area contributed by atoms with Crippen molar-refractivity contribution in [2.75, 3.05) is 19.0 Å². The van der Waals surface area contributed by atoms with Gasteiger partial charge in [0.1, 0.15) is 0 Å². The maximum atomic E-state index is 4.56. The minimum atomic E-state index is 1.02. The van der Waals surface area contributed by atoms with Gasteiger partial charge < -0.3 is 4.90 Å². The van der Waals surface area contributed by atoms with Gasteiger partial charge in [0.2, 0.25) is 0 Å². The Labute approximate surface area is 106 Å². The molecule has 0 atom stereocenters. The smallest absolute Gasteiger partial charge is 0.0927 e. The molecule has 0 radical (unpaired) electrons. The summed E-state index contributed by atoms with van der Waals surface area (Å²) in [4.78, 5) is 2.09. The van der Waals surface area contributed by atoms with Crippen LogP contribution in [0.15, 0.2) is 54.7 Å². The Balaban J connectivity index is 2.03. The van der Waals surface area contributed by atoms with Gasteiger partial charge in [0.25, 0.3) is 0 Å². The molecule has 0 unspecified atom stereocenters. The van der Waals surface area contributed by atoms with Crippen molar-refractivity contribution >= 4 is 16.6 Å². The van der Waals surface area contributed by atoms with Crippen LogP contribution in [-0.2, 0) is 0 Å². The first-order valence-electron chi connectivity index (χ1n) is 5.96. The van der Waals surface area contributed by atoms with Crippen LogP contribution in [0.2, 0.25) is 0 Å². The van der Waals surface area contributed by atoms with Crippen LogP contribution in [0.3, 0.4) is 0 Å². The van der Waals surface area contributed by atoms with E-state index in [0.29, 0.717) is 0 Å². The highest BCUT2D eigenvalue weighted by Gasteiger charge is 2.02. The van der Waals surface area contributed by atoms with E-state index >= 15 is 0 Å². The summed E-state index contributed by atoms with van der Waals surface area (Å²) in [5.74, 6) is 0. The second kappa shape index (κ2) is 4.18. The Morgan fingerprint density at radius 1 is 0.944 bits per heavy atom. The van der Waals surface area contributed by atoms with E-state index in [-0.39, 0.29) is 0 Å². The molecule has 0 saturated carbocycles. The van der Waals surface area contributed by atoms with Crippen molar-refractivity contribution in [3.8, 4) is 5.69 Å². The molecule has 2 aromatic carbocycles. The molecule has 0 fully saturated rings. The van der Waals surface area contributed by atoms with E-state index in [0.717, 1.165) is 16.6 Å². The number of hydrogen-bond acceptors (Lipinski definition) is 2. The largest absolute Gasteiger partial charge is 0.378 e. The average molecular weight is 237 g/mol. The Kier molecular flexibility index (Phi) is 2.52. The summed E-state index contributed by atoms with van der Waals surface area (Å²) in [6.07, 6.45) is 2.06. The standard InChI is InChI=1S/C15H15N3/c1-17(2)13-7-9-14(10-8-13)18-11-12-5-3-4-6-15(12)16-18/h3-11H,1-2H3. The molecule has 0 amide bonds. The maximum Gasteiger partial charge on any atom is 0.0927 e. The summed E-state index contributed by atoms with van der Waals surface area (Å²) in [5.41, 5.74) is 3.29. The normalized spacial score (nSPS) is 10.8. The summed E-state index contributed by atoms with van der Waals surface area (Å²) in [7, 11) is 4.08. The molecule has 0 aliphatic carbocycles. The number of aromatic nitrogens is 2. The summed E-state index contributed by atoms with van der Waals surface area (Å²) in [6, 6.07) is 16.5. The molecule has 0 saturated heterocycles. The molecular weight excluding hydrogens is 222 g/mol. The molecule has 3 aromatic rings. The van der Waals surface area contributed by atoms with E-state index < -0.39 is 0 Å². The number of hydrogen-bond donors (Lipinski definition) is 0. The fourth-order valence-corrected chi connectivity index (χ4v) is 2.00. The van der Waals surface area contributed by atoms with Crippen molar-refractivity contribution < 1.29 is 0 Å². The molecule has 3 nitrogen and oxygen atoms in total. The molecule has 0 aliphatic rings. The molecule has 0 bridgehead atoms. The highest BCUT2D eigenvalue weighted by Crippen LogP contribution is 2.18. The number of benzene rings is 2. The van der Waals surface area contributed by atoms with Crippen molar-refractivity contribution in [1.29, 1.82) is 0 Å². The SMILES string of the molecule is CN(C)c1ccc(-n2cc3ccccc3n2)cc1. The number of anilines is 1. The quantitative estimate of drug-likeness (QED) is 0.683. The van der Waals surface area contributed by atoms with Crippen LogP contribution >= 0.6 is 0 Å². The first kappa shape index (κ1) is 10.8. The molecule has 0 spiro atoms. The van der Waals surface area contributed by atoms with Crippen molar-refractivity contribution in [3.05, 3.63) is 54.7 Å². The lowest BCUT2D eigenvalue weighted by Gasteiger charge is -2.12. The van der Waals surface area contributed by atoms with E-state index in [1.807, 2.05) is 37.0 Å². The Morgan fingerprint density at radius 2 is 1.67 bits per heavy atom. The van der Waals surface area contributed by atoms with Crippen LogP contribution < -0.4 is 4.90 Å². The van der Waals surface area contributed by atoms with E-state index in [1.165, 1.54) is 5.69 Å². The van der Waals surface area contributed by atoms with E-state index in [9.17, 15) is 0 Å². The van der Waals surface area contributed by atoms with Crippen molar-refractivity contribution in [1.82, 2.24) is 9.78 Å². The summed E-state index contributed by atoms with van der Waals surface area (Å²) >= 11 is 0. The van der Waals surface area contributed by atoms with Crippen LogP contribution in [0, 0.1) is 0 Å². The average Bonchev–Trinajstić information content (AvgIpc) is 2.82. The van der Waals surface area contributed by atoms with Crippen molar-refractivity contribution in [2.24, 2.45) is 0 Å². The summed E-state index contributed by atoms with van der Waals surface area (Å²) in [5, 5.41) is 5.72. The lowest BCUT2D eigenvalue weighted by Crippen LogP contribution is -2.08. The molecule has 18 heavy (non-hydrogen) atoms. The number of fused-ring (bicyclic) bond motifs is 1.